The summed E-state index contributed by atoms with van der Waals surface area (Å²) >= 11 is 0. The minimum atomic E-state index is -3.85. The number of carbonyl (C=O) groups excluding carboxylic acids is 1. The summed E-state index contributed by atoms with van der Waals surface area (Å²) in [5.74, 6) is 0.0743. The monoisotopic (exact) mass is 444 g/mol. The molecule has 1 saturated carbocycles. The zero-order valence-electron chi connectivity index (χ0n) is 18.6. The number of nitrogens with zero attached hydrogens (tertiary/aromatic N) is 2. The van der Waals surface area contributed by atoms with Crippen LogP contribution in [0.3, 0.4) is 0 Å². The van der Waals surface area contributed by atoms with E-state index in [0.717, 1.165) is 31.2 Å². The van der Waals surface area contributed by atoms with Crippen molar-refractivity contribution in [2.24, 2.45) is 0 Å². The van der Waals surface area contributed by atoms with Gasteiger partial charge in [0.15, 0.2) is 0 Å². The molecule has 1 amide bonds. The lowest BCUT2D eigenvalue weighted by Gasteiger charge is -2.27. The van der Waals surface area contributed by atoms with Crippen LogP contribution in [0.15, 0.2) is 53.4 Å². The Morgan fingerprint density at radius 3 is 2.26 bits per heavy atom. The summed E-state index contributed by atoms with van der Waals surface area (Å²) in [6.45, 7) is 0.229. The van der Waals surface area contributed by atoms with E-state index >= 15 is 0 Å². The molecule has 0 saturated heterocycles. The van der Waals surface area contributed by atoms with Crippen LogP contribution in [-0.4, -0.2) is 50.8 Å². The van der Waals surface area contributed by atoms with Crippen molar-refractivity contribution >= 4 is 15.9 Å². The summed E-state index contributed by atoms with van der Waals surface area (Å²) < 4.78 is 33.3. The normalized spacial score (nSPS) is 15.5. The van der Waals surface area contributed by atoms with Crippen molar-refractivity contribution in [2.45, 2.75) is 56.0 Å². The van der Waals surface area contributed by atoms with E-state index in [1.807, 2.05) is 37.4 Å². The SMILES string of the molecule is COc1ccc(C(=O)N(C)C2CCCCCC2)cc1S(=O)(=O)N(C)Cc1ccccc1. The van der Waals surface area contributed by atoms with Crippen molar-refractivity contribution in [1.82, 2.24) is 9.21 Å². The van der Waals surface area contributed by atoms with Crippen molar-refractivity contribution in [3.63, 3.8) is 0 Å². The molecule has 1 aliphatic rings. The van der Waals surface area contributed by atoms with Crippen molar-refractivity contribution in [1.29, 1.82) is 0 Å². The van der Waals surface area contributed by atoms with Crippen molar-refractivity contribution in [2.75, 3.05) is 21.2 Å². The lowest BCUT2D eigenvalue weighted by Crippen LogP contribution is -2.37. The van der Waals surface area contributed by atoms with Crippen LogP contribution < -0.4 is 4.74 Å². The molecule has 168 valence electrons. The zero-order chi connectivity index (χ0) is 22.4. The van der Waals surface area contributed by atoms with Crippen LogP contribution >= 0.6 is 0 Å². The first-order valence-electron chi connectivity index (χ1n) is 10.8. The Labute approximate surface area is 185 Å². The van der Waals surface area contributed by atoms with Crippen LogP contribution in [0.5, 0.6) is 5.75 Å². The lowest BCUT2D eigenvalue weighted by molar-refractivity contribution is 0.0717. The van der Waals surface area contributed by atoms with Gasteiger partial charge in [0.2, 0.25) is 10.0 Å². The van der Waals surface area contributed by atoms with Gasteiger partial charge in [-0.15, -0.1) is 0 Å². The molecule has 7 heteroatoms. The Kier molecular flexibility index (Phi) is 7.73. The minimum absolute atomic E-state index is 0.00791. The number of methoxy groups -OCH3 is 1. The molecule has 0 bridgehead atoms. The summed E-state index contributed by atoms with van der Waals surface area (Å²) in [5.41, 5.74) is 1.24. The van der Waals surface area contributed by atoms with Crippen LogP contribution in [-0.2, 0) is 16.6 Å². The van der Waals surface area contributed by atoms with Gasteiger partial charge in [-0.2, -0.15) is 4.31 Å². The van der Waals surface area contributed by atoms with Gasteiger partial charge in [0.1, 0.15) is 10.6 Å². The van der Waals surface area contributed by atoms with Gasteiger partial charge >= 0.3 is 0 Å². The van der Waals surface area contributed by atoms with E-state index in [4.69, 9.17) is 4.74 Å². The molecular formula is C24H32N2O4S. The zero-order valence-corrected chi connectivity index (χ0v) is 19.4. The topological polar surface area (TPSA) is 66.9 Å². The number of rotatable bonds is 7. The van der Waals surface area contributed by atoms with E-state index in [-0.39, 0.29) is 29.1 Å². The second kappa shape index (κ2) is 10.3. The number of hydrogen-bond donors (Lipinski definition) is 0. The molecule has 0 N–H and O–H groups in total. The van der Waals surface area contributed by atoms with Gasteiger partial charge in [0, 0.05) is 32.2 Å². The van der Waals surface area contributed by atoms with Crippen LogP contribution in [0, 0.1) is 0 Å². The van der Waals surface area contributed by atoms with E-state index in [1.54, 1.807) is 17.0 Å². The highest BCUT2D eigenvalue weighted by atomic mass is 32.2. The van der Waals surface area contributed by atoms with Crippen molar-refractivity contribution in [3.05, 3.63) is 59.7 Å². The van der Waals surface area contributed by atoms with E-state index in [2.05, 4.69) is 0 Å². The molecule has 0 radical (unpaired) electrons. The van der Waals surface area contributed by atoms with Gasteiger partial charge in [-0.1, -0.05) is 56.0 Å². The summed E-state index contributed by atoms with van der Waals surface area (Å²) in [5, 5.41) is 0. The molecule has 1 aliphatic carbocycles. The fourth-order valence-electron chi connectivity index (χ4n) is 4.12. The number of sulfonamides is 1. The molecule has 0 heterocycles. The van der Waals surface area contributed by atoms with Gasteiger partial charge in [-0.05, 0) is 36.6 Å². The van der Waals surface area contributed by atoms with E-state index < -0.39 is 10.0 Å². The maximum absolute atomic E-state index is 13.3. The lowest BCUT2D eigenvalue weighted by atomic mass is 10.1. The highest BCUT2D eigenvalue weighted by Crippen LogP contribution is 2.29. The Bertz CT molecular complexity index is 984. The first-order valence-corrected chi connectivity index (χ1v) is 12.2. The van der Waals surface area contributed by atoms with E-state index in [9.17, 15) is 13.2 Å². The summed E-state index contributed by atoms with van der Waals surface area (Å²) in [6.07, 6.45) is 6.63. The molecule has 31 heavy (non-hydrogen) atoms. The molecule has 0 spiro atoms. The molecule has 6 nitrogen and oxygen atoms in total. The van der Waals surface area contributed by atoms with Gasteiger partial charge in [-0.25, -0.2) is 8.42 Å². The average molecular weight is 445 g/mol. The van der Waals surface area contributed by atoms with Crippen LogP contribution in [0.1, 0.15) is 54.4 Å². The second-order valence-corrected chi connectivity index (χ2v) is 10.2. The maximum Gasteiger partial charge on any atom is 0.253 e. The first kappa shape index (κ1) is 23.3. The Morgan fingerprint density at radius 1 is 1.00 bits per heavy atom. The van der Waals surface area contributed by atoms with Crippen LogP contribution in [0.2, 0.25) is 0 Å². The summed E-state index contributed by atoms with van der Waals surface area (Å²) in [6, 6.07) is 14.2. The predicted octanol–water partition coefficient (Wildman–Crippen LogP) is 4.31. The highest BCUT2D eigenvalue weighted by Gasteiger charge is 2.28. The Hall–Kier alpha value is -2.38. The quantitative estimate of drug-likeness (QED) is 0.597. The van der Waals surface area contributed by atoms with Crippen LogP contribution in [0.25, 0.3) is 0 Å². The predicted molar refractivity (Wildman–Crippen MR) is 122 cm³/mol. The van der Waals surface area contributed by atoms with Gasteiger partial charge in [0.05, 0.1) is 7.11 Å². The molecule has 3 rings (SSSR count). The Balaban J connectivity index is 1.88. The van der Waals surface area contributed by atoms with Gasteiger partial charge < -0.3 is 9.64 Å². The number of amides is 1. The van der Waals surface area contributed by atoms with E-state index in [1.165, 1.54) is 37.4 Å². The largest absolute Gasteiger partial charge is 0.495 e. The molecule has 1 fully saturated rings. The molecule has 0 atom stereocenters. The molecule has 0 aliphatic heterocycles. The third-order valence-electron chi connectivity index (χ3n) is 6.04. The number of hydrogen-bond acceptors (Lipinski definition) is 4. The first-order chi connectivity index (χ1) is 14.8. The molecule has 2 aromatic rings. The maximum atomic E-state index is 13.3. The number of carbonyl (C=O) groups is 1. The van der Waals surface area contributed by atoms with Gasteiger partial charge in [-0.3, -0.25) is 4.79 Å². The highest BCUT2D eigenvalue weighted by molar-refractivity contribution is 7.89. The number of ether oxygens (including phenoxy) is 1. The van der Waals surface area contributed by atoms with Gasteiger partial charge in [0.25, 0.3) is 5.91 Å². The summed E-state index contributed by atoms with van der Waals surface area (Å²) in [7, 11) is 0.934. The molecule has 0 aromatic heterocycles. The molecule has 2 aromatic carbocycles. The Morgan fingerprint density at radius 2 is 1.65 bits per heavy atom. The number of benzene rings is 2. The van der Waals surface area contributed by atoms with E-state index in [0.29, 0.717) is 5.56 Å². The fourth-order valence-corrected chi connectivity index (χ4v) is 5.46. The smallest absolute Gasteiger partial charge is 0.253 e. The van der Waals surface area contributed by atoms with Crippen molar-refractivity contribution in [3.8, 4) is 5.75 Å². The third-order valence-corrected chi connectivity index (χ3v) is 7.86. The molecule has 0 unspecified atom stereocenters. The standard InChI is InChI=1S/C24H32N2O4S/c1-25(18-19-11-7-6-8-12-19)31(28,29)23-17-20(15-16-22(23)30-3)24(27)26(2)21-13-9-4-5-10-14-21/h6-8,11-12,15-17,21H,4-5,9-10,13-14,18H2,1-3H3. The fraction of sp³-hybridized carbons (Fsp3) is 0.458. The van der Waals surface area contributed by atoms with Crippen LogP contribution in [0.4, 0.5) is 0 Å². The molecular weight excluding hydrogens is 412 g/mol. The minimum Gasteiger partial charge on any atom is -0.495 e. The second-order valence-electron chi connectivity index (χ2n) is 8.17. The van der Waals surface area contributed by atoms with Crippen molar-refractivity contribution < 1.29 is 17.9 Å². The average Bonchev–Trinajstić information content (AvgIpc) is 3.08. The third kappa shape index (κ3) is 5.46. The summed E-state index contributed by atoms with van der Waals surface area (Å²) in [4.78, 5) is 15.0.